The monoisotopic (exact) mass is 383 g/mol. The summed E-state index contributed by atoms with van der Waals surface area (Å²) in [4.78, 5) is 15.7. The number of anilines is 1. The Morgan fingerprint density at radius 1 is 1.22 bits per heavy atom. The molecule has 0 aliphatic carbocycles. The first-order valence-electron chi connectivity index (χ1n) is 8.82. The summed E-state index contributed by atoms with van der Waals surface area (Å²) in [5.74, 6) is 0. The Morgan fingerprint density at radius 3 is 2.67 bits per heavy atom. The highest BCUT2D eigenvalue weighted by Crippen LogP contribution is 2.22. The molecule has 27 heavy (non-hydrogen) atoms. The summed E-state index contributed by atoms with van der Waals surface area (Å²) < 4.78 is 1.87. The van der Waals surface area contributed by atoms with Gasteiger partial charge in [0.25, 0.3) is 0 Å². The first kappa shape index (κ1) is 19.1. The van der Waals surface area contributed by atoms with Crippen LogP contribution in [0, 0.1) is 13.8 Å². The fourth-order valence-corrected chi connectivity index (χ4v) is 3.91. The maximum atomic E-state index is 12.4. The maximum Gasteiger partial charge on any atom is 0.319 e. The van der Waals surface area contributed by atoms with E-state index in [0.717, 1.165) is 22.8 Å². The Labute approximate surface area is 163 Å². The highest BCUT2D eigenvalue weighted by Gasteiger charge is 2.16. The number of thiophene rings is 1. The van der Waals surface area contributed by atoms with Gasteiger partial charge in [-0.3, -0.25) is 0 Å². The molecule has 0 saturated heterocycles. The summed E-state index contributed by atoms with van der Waals surface area (Å²) in [5.41, 5.74) is 3.67. The Hall–Kier alpha value is -2.64. The van der Waals surface area contributed by atoms with Crippen LogP contribution in [0.5, 0.6) is 0 Å². The fraction of sp³-hybridized carbons (Fsp3) is 0.300. The van der Waals surface area contributed by atoms with E-state index in [1.807, 2.05) is 69.0 Å². The molecule has 2 heterocycles. The van der Waals surface area contributed by atoms with Crippen molar-refractivity contribution in [3.05, 3.63) is 64.1 Å². The Kier molecular flexibility index (Phi) is 5.93. The van der Waals surface area contributed by atoms with Gasteiger partial charge in [-0.05, 0) is 63.7 Å². The molecule has 1 unspecified atom stereocenters. The van der Waals surface area contributed by atoms with Crippen LogP contribution in [0.25, 0.3) is 5.69 Å². The van der Waals surface area contributed by atoms with Crippen molar-refractivity contribution in [2.75, 3.05) is 26.0 Å². The van der Waals surface area contributed by atoms with E-state index in [4.69, 9.17) is 0 Å². The number of benzene rings is 1. The zero-order valence-electron chi connectivity index (χ0n) is 16.1. The molecule has 2 amide bonds. The van der Waals surface area contributed by atoms with E-state index in [0.29, 0.717) is 6.54 Å². The van der Waals surface area contributed by atoms with E-state index >= 15 is 0 Å². The third kappa shape index (κ3) is 4.75. The molecule has 0 aliphatic heterocycles. The molecular formula is C20H25N5OS. The van der Waals surface area contributed by atoms with Crippen molar-refractivity contribution in [1.82, 2.24) is 20.0 Å². The minimum atomic E-state index is -0.219. The van der Waals surface area contributed by atoms with Gasteiger partial charge in [0.2, 0.25) is 0 Å². The van der Waals surface area contributed by atoms with Gasteiger partial charge < -0.3 is 15.5 Å². The van der Waals surface area contributed by atoms with E-state index in [2.05, 4.69) is 32.1 Å². The molecule has 0 bridgehead atoms. The van der Waals surface area contributed by atoms with E-state index < -0.39 is 0 Å². The van der Waals surface area contributed by atoms with Gasteiger partial charge in [-0.25, -0.2) is 9.48 Å². The molecule has 3 rings (SSSR count). The molecule has 6 nitrogen and oxygen atoms in total. The number of carbonyl (C=O) groups is 1. The molecule has 2 aromatic heterocycles. The largest absolute Gasteiger partial charge is 0.336 e. The average molecular weight is 384 g/mol. The lowest BCUT2D eigenvalue weighted by Gasteiger charge is -2.23. The van der Waals surface area contributed by atoms with Crippen molar-refractivity contribution in [3.8, 4) is 5.69 Å². The zero-order valence-corrected chi connectivity index (χ0v) is 16.9. The molecule has 1 atom stereocenters. The maximum absolute atomic E-state index is 12.4. The van der Waals surface area contributed by atoms with Crippen molar-refractivity contribution in [2.45, 2.75) is 19.9 Å². The SMILES string of the molecule is Cc1cc(C)n(-c2cccc(NC(=O)NCC(c3cccs3)N(C)C)c2)n1. The van der Waals surface area contributed by atoms with Crippen LogP contribution in [0.15, 0.2) is 47.8 Å². The molecule has 1 aromatic carbocycles. The van der Waals surface area contributed by atoms with E-state index in [9.17, 15) is 4.79 Å². The second-order valence-corrected chi connectivity index (χ2v) is 7.70. The van der Waals surface area contributed by atoms with Gasteiger partial charge in [-0.1, -0.05) is 12.1 Å². The Balaban J connectivity index is 1.64. The number of carbonyl (C=O) groups excluding carboxylic acids is 1. The molecule has 3 aromatic rings. The van der Waals surface area contributed by atoms with Gasteiger partial charge in [0.1, 0.15) is 0 Å². The van der Waals surface area contributed by atoms with E-state index in [1.54, 1.807) is 11.3 Å². The summed E-state index contributed by atoms with van der Waals surface area (Å²) in [7, 11) is 4.03. The highest BCUT2D eigenvalue weighted by atomic mass is 32.1. The summed E-state index contributed by atoms with van der Waals surface area (Å²) in [6.45, 7) is 4.52. The topological polar surface area (TPSA) is 62.2 Å². The van der Waals surface area contributed by atoms with Crippen LogP contribution in [-0.4, -0.2) is 41.4 Å². The van der Waals surface area contributed by atoms with Crippen LogP contribution in [-0.2, 0) is 0 Å². The number of amides is 2. The Bertz CT molecular complexity index is 901. The molecule has 0 aliphatic rings. The molecular weight excluding hydrogens is 358 g/mol. The molecule has 0 fully saturated rings. The van der Waals surface area contributed by atoms with E-state index in [-0.39, 0.29) is 12.1 Å². The minimum absolute atomic E-state index is 0.150. The Morgan fingerprint density at radius 2 is 2.04 bits per heavy atom. The first-order valence-corrected chi connectivity index (χ1v) is 9.70. The smallest absolute Gasteiger partial charge is 0.319 e. The van der Waals surface area contributed by atoms with Crippen molar-refractivity contribution in [2.24, 2.45) is 0 Å². The lowest BCUT2D eigenvalue weighted by Crippen LogP contribution is -2.36. The number of rotatable bonds is 6. The van der Waals surface area contributed by atoms with Crippen molar-refractivity contribution in [1.29, 1.82) is 0 Å². The third-order valence-electron chi connectivity index (χ3n) is 4.31. The summed E-state index contributed by atoms with van der Waals surface area (Å²) in [6, 6.07) is 13.8. The van der Waals surface area contributed by atoms with Gasteiger partial charge >= 0.3 is 6.03 Å². The van der Waals surface area contributed by atoms with Gasteiger partial charge in [0.15, 0.2) is 0 Å². The van der Waals surface area contributed by atoms with Crippen LogP contribution in [0.1, 0.15) is 22.3 Å². The molecule has 2 N–H and O–H groups in total. The van der Waals surface area contributed by atoms with Crippen molar-refractivity contribution in [3.63, 3.8) is 0 Å². The predicted molar refractivity (Wildman–Crippen MR) is 111 cm³/mol. The standard InChI is InChI=1S/C20H25N5OS/c1-14-11-15(2)25(23-14)17-8-5-7-16(12-17)22-20(26)21-13-18(24(3)4)19-9-6-10-27-19/h5-12,18H,13H2,1-4H3,(H2,21,22,26). The second-order valence-electron chi connectivity index (χ2n) is 6.72. The molecule has 0 spiro atoms. The summed E-state index contributed by atoms with van der Waals surface area (Å²) >= 11 is 1.69. The molecule has 7 heteroatoms. The van der Waals surface area contributed by atoms with Gasteiger partial charge in [-0.15, -0.1) is 11.3 Å². The van der Waals surface area contributed by atoms with Crippen LogP contribution in [0.3, 0.4) is 0 Å². The second kappa shape index (κ2) is 8.37. The van der Waals surface area contributed by atoms with Crippen LogP contribution < -0.4 is 10.6 Å². The van der Waals surface area contributed by atoms with Crippen molar-refractivity contribution < 1.29 is 4.79 Å². The zero-order chi connectivity index (χ0) is 19.4. The minimum Gasteiger partial charge on any atom is -0.336 e. The van der Waals surface area contributed by atoms with Gasteiger partial charge in [-0.2, -0.15) is 5.10 Å². The number of hydrogen-bond acceptors (Lipinski definition) is 4. The van der Waals surface area contributed by atoms with Crippen LogP contribution in [0.2, 0.25) is 0 Å². The lowest BCUT2D eigenvalue weighted by atomic mass is 10.2. The molecule has 142 valence electrons. The molecule has 0 radical (unpaired) electrons. The average Bonchev–Trinajstić information content (AvgIpc) is 3.24. The number of likely N-dealkylation sites (N-methyl/N-ethyl adjacent to an activating group) is 1. The normalized spacial score (nSPS) is 12.2. The van der Waals surface area contributed by atoms with Gasteiger partial charge in [0, 0.05) is 22.8 Å². The number of nitrogens with one attached hydrogen (secondary N) is 2. The number of aryl methyl sites for hydroxylation is 2. The summed E-state index contributed by atoms with van der Waals surface area (Å²) in [6.07, 6.45) is 0. The quantitative estimate of drug-likeness (QED) is 0.677. The van der Waals surface area contributed by atoms with Gasteiger partial charge in [0.05, 0.1) is 17.4 Å². The van der Waals surface area contributed by atoms with E-state index in [1.165, 1.54) is 4.88 Å². The number of nitrogens with zero attached hydrogens (tertiary/aromatic N) is 3. The van der Waals surface area contributed by atoms with Crippen molar-refractivity contribution >= 4 is 23.1 Å². The van der Waals surface area contributed by atoms with Crippen LogP contribution in [0.4, 0.5) is 10.5 Å². The number of urea groups is 1. The predicted octanol–water partition coefficient (Wildman–Crippen LogP) is 3.98. The number of aromatic nitrogens is 2. The van der Waals surface area contributed by atoms with Crippen LogP contribution >= 0.6 is 11.3 Å². The third-order valence-corrected chi connectivity index (χ3v) is 5.28. The fourth-order valence-electron chi connectivity index (χ4n) is 2.99. The summed E-state index contributed by atoms with van der Waals surface area (Å²) in [5, 5.41) is 12.4. The lowest BCUT2D eigenvalue weighted by molar-refractivity contribution is 0.244. The molecule has 0 saturated carbocycles. The highest BCUT2D eigenvalue weighted by molar-refractivity contribution is 7.10. The first-order chi connectivity index (χ1) is 12.9. The number of hydrogen-bond donors (Lipinski definition) is 2.